The Hall–Kier alpha value is -2.21. The van der Waals surface area contributed by atoms with E-state index in [1.165, 1.54) is 18.2 Å². The molecule has 2 aromatic rings. The van der Waals surface area contributed by atoms with Crippen LogP contribution in [0.1, 0.15) is 11.1 Å². The fourth-order valence-corrected chi connectivity index (χ4v) is 3.14. The highest BCUT2D eigenvalue weighted by atomic mass is 32.2. The predicted molar refractivity (Wildman–Crippen MR) is 75.2 cm³/mol. The van der Waals surface area contributed by atoms with Crippen LogP contribution in [-0.4, -0.2) is 13.3 Å². The lowest BCUT2D eigenvalue weighted by molar-refractivity contribution is -0.384. The second-order valence-corrected chi connectivity index (χ2v) is 6.49. The van der Waals surface area contributed by atoms with Crippen molar-refractivity contribution in [3.63, 3.8) is 0 Å². The minimum Gasteiger partial charge on any atom is -0.258 e. The zero-order chi connectivity index (χ0) is 14.8. The van der Waals surface area contributed by atoms with Crippen LogP contribution in [0.5, 0.6) is 0 Å². The molecule has 0 radical (unpaired) electrons. The Morgan fingerprint density at radius 1 is 1.10 bits per heavy atom. The van der Waals surface area contributed by atoms with Crippen molar-refractivity contribution in [3.05, 3.63) is 69.8 Å². The molecule has 0 aliphatic heterocycles. The van der Waals surface area contributed by atoms with Crippen LogP contribution in [0, 0.1) is 17.0 Å². The minimum absolute atomic E-state index is 0.110. The Bertz CT molecular complexity index is 736. The van der Waals surface area contributed by atoms with E-state index >= 15 is 0 Å². The lowest BCUT2D eigenvalue weighted by Gasteiger charge is -2.05. The lowest BCUT2D eigenvalue weighted by atomic mass is 10.2. The quantitative estimate of drug-likeness (QED) is 0.641. The second kappa shape index (κ2) is 5.42. The van der Waals surface area contributed by atoms with Gasteiger partial charge in [-0.2, -0.15) is 0 Å². The summed E-state index contributed by atoms with van der Waals surface area (Å²) in [7, 11) is -3.50. The van der Waals surface area contributed by atoms with E-state index < -0.39 is 14.8 Å². The first kappa shape index (κ1) is 14.2. The summed E-state index contributed by atoms with van der Waals surface area (Å²) in [5.41, 5.74) is 1.26. The van der Waals surface area contributed by atoms with Gasteiger partial charge in [0, 0.05) is 12.1 Å². The second-order valence-electron chi connectivity index (χ2n) is 4.50. The number of nitro benzene ring substituents is 1. The van der Waals surface area contributed by atoms with Gasteiger partial charge in [0.2, 0.25) is 0 Å². The Morgan fingerprint density at radius 2 is 1.75 bits per heavy atom. The van der Waals surface area contributed by atoms with E-state index in [1.807, 2.05) is 6.92 Å². The number of aryl methyl sites for hydroxylation is 1. The van der Waals surface area contributed by atoms with Crippen LogP contribution in [0.4, 0.5) is 5.69 Å². The number of benzene rings is 2. The Labute approximate surface area is 116 Å². The van der Waals surface area contributed by atoms with Crippen molar-refractivity contribution in [1.29, 1.82) is 0 Å². The Kier molecular flexibility index (Phi) is 3.85. The maximum absolute atomic E-state index is 12.2. The molecule has 0 saturated heterocycles. The fourth-order valence-electron chi connectivity index (χ4n) is 1.81. The smallest absolute Gasteiger partial charge is 0.258 e. The molecule has 0 aliphatic rings. The molecule has 2 aromatic carbocycles. The number of non-ortho nitro benzene ring substituents is 1. The third kappa shape index (κ3) is 3.21. The van der Waals surface area contributed by atoms with Crippen LogP contribution in [0.2, 0.25) is 0 Å². The summed E-state index contributed by atoms with van der Waals surface area (Å²) in [5.74, 6) is -0.252. The van der Waals surface area contributed by atoms with Crippen LogP contribution in [0.25, 0.3) is 0 Å². The SMILES string of the molecule is Cc1ccc(S(=O)(=O)Cc2cccc([N+](=O)[O-])c2)cc1. The molecule has 0 saturated carbocycles. The van der Waals surface area contributed by atoms with E-state index in [0.717, 1.165) is 5.56 Å². The summed E-state index contributed by atoms with van der Waals surface area (Å²) in [6.45, 7) is 1.87. The van der Waals surface area contributed by atoms with Gasteiger partial charge in [0.25, 0.3) is 5.69 Å². The predicted octanol–water partition coefficient (Wildman–Crippen LogP) is 2.88. The van der Waals surface area contributed by atoms with Gasteiger partial charge in [-0.05, 0) is 24.6 Å². The van der Waals surface area contributed by atoms with E-state index in [2.05, 4.69) is 0 Å². The molecule has 0 heterocycles. The summed E-state index contributed by atoms with van der Waals surface area (Å²) >= 11 is 0. The third-order valence-corrected chi connectivity index (χ3v) is 4.56. The zero-order valence-corrected chi connectivity index (χ0v) is 11.6. The number of hydrogen-bond acceptors (Lipinski definition) is 4. The van der Waals surface area contributed by atoms with E-state index in [4.69, 9.17) is 0 Å². The number of rotatable bonds is 4. The molecule has 0 aliphatic carbocycles. The maximum atomic E-state index is 12.2. The largest absolute Gasteiger partial charge is 0.269 e. The molecular formula is C14H13NO4S. The number of nitrogens with zero attached hydrogens (tertiary/aromatic N) is 1. The standard InChI is InChI=1S/C14H13NO4S/c1-11-5-7-14(8-6-11)20(18,19)10-12-3-2-4-13(9-12)15(16)17/h2-9H,10H2,1H3. The molecule has 2 rings (SSSR count). The molecule has 0 spiro atoms. The molecule has 0 unspecified atom stereocenters. The van der Waals surface area contributed by atoms with Crippen molar-refractivity contribution in [2.24, 2.45) is 0 Å². The molecule has 5 nitrogen and oxygen atoms in total. The molecule has 0 aromatic heterocycles. The van der Waals surface area contributed by atoms with Crippen molar-refractivity contribution in [3.8, 4) is 0 Å². The molecule has 0 amide bonds. The Morgan fingerprint density at radius 3 is 2.35 bits per heavy atom. The molecule has 0 atom stereocenters. The number of sulfone groups is 1. The van der Waals surface area contributed by atoms with Crippen molar-refractivity contribution >= 4 is 15.5 Å². The highest BCUT2D eigenvalue weighted by Gasteiger charge is 2.16. The molecule has 0 fully saturated rings. The van der Waals surface area contributed by atoms with Gasteiger partial charge in [-0.3, -0.25) is 10.1 Å². The summed E-state index contributed by atoms with van der Waals surface area (Å²) in [4.78, 5) is 10.4. The topological polar surface area (TPSA) is 77.3 Å². The average Bonchev–Trinajstić information content (AvgIpc) is 2.39. The number of hydrogen-bond donors (Lipinski definition) is 0. The van der Waals surface area contributed by atoms with Crippen LogP contribution >= 0.6 is 0 Å². The van der Waals surface area contributed by atoms with Crippen LogP contribution in [0.15, 0.2) is 53.4 Å². The highest BCUT2D eigenvalue weighted by molar-refractivity contribution is 7.90. The first-order valence-corrected chi connectivity index (χ1v) is 7.56. The minimum atomic E-state index is -3.50. The third-order valence-electron chi connectivity index (χ3n) is 2.86. The van der Waals surface area contributed by atoms with Gasteiger partial charge < -0.3 is 0 Å². The lowest BCUT2D eigenvalue weighted by Crippen LogP contribution is -2.05. The van der Waals surface area contributed by atoms with Crippen molar-refractivity contribution in [2.45, 2.75) is 17.6 Å². The van der Waals surface area contributed by atoms with Gasteiger partial charge in [-0.1, -0.05) is 29.8 Å². The normalized spacial score (nSPS) is 11.2. The molecule has 0 bridgehead atoms. The maximum Gasteiger partial charge on any atom is 0.269 e. The summed E-state index contributed by atoms with van der Waals surface area (Å²) in [5, 5.41) is 10.7. The fraction of sp³-hybridized carbons (Fsp3) is 0.143. The van der Waals surface area contributed by atoms with Gasteiger partial charge in [0.05, 0.1) is 15.6 Å². The first-order valence-electron chi connectivity index (χ1n) is 5.91. The van der Waals surface area contributed by atoms with Crippen LogP contribution < -0.4 is 0 Å². The molecule has 6 heteroatoms. The Balaban J connectivity index is 2.31. The van der Waals surface area contributed by atoms with Crippen molar-refractivity contribution < 1.29 is 13.3 Å². The molecular weight excluding hydrogens is 278 g/mol. The average molecular weight is 291 g/mol. The highest BCUT2D eigenvalue weighted by Crippen LogP contribution is 2.20. The van der Waals surface area contributed by atoms with E-state index in [9.17, 15) is 18.5 Å². The van der Waals surface area contributed by atoms with Crippen molar-refractivity contribution in [1.82, 2.24) is 0 Å². The monoisotopic (exact) mass is 291 g/mol. The first-order chi connectivity index (χ1) is 9.38. The number of nitro groups is 1. The van der Waals surface area contributed by atoms with E-state index in [-0.39, 0.29) is 16.3 Å². The van der Waals surface area contributed by atoms with E-state index in [1.54, 1.807) is 30.3 Å². The molecule has 20 heavy (non-hydrogen) atoms. The van der Waals surface area contributed by atoms with Crippen LogP contribution in [-0.2, 0) is 15.6 Å². The summed E-state index contributed by atoms with van der Waals surface area (Å²) < 4.78 is 24.4. The summed E-state index contributed by atoms with van der Waals surface area (Å²) in [6, 6.07) is 12.2. The zero-order valence-electron chi connectivity index (χ0n) is 10.8. The summed E-state index contributed by atoms with van der Waals surface area (Å²) in [6.07, 6.45) is 0. The van der Waals surface area contributed by atoms with Crippen LogP contribution in [0.3, 0.4) is 0 Å². The van der Waals surface area contributed by atoms with Crippen molar-refractivity contribution in [2.75, 3.05) is 0 Å². The molecule has 0 N–H and O–H groups in total. The van der Waals surface area contributed by atoms with Gasteiger partial charge in [-0.25, -0.2) is 8.42 Å². The van der Waals surface area contributed by atoms with E-state index in [0.29, 0.717) is 5.56 Å². The molecule has 104 valence electrons. The van der Waals surface area contributed by atoms with Gasteiger partial charge >= 0.3 is 0 Å². The van der Waals surface area contributed by atoms with Gasteiger partial charge in [-0.15, -0.1) is 0 Å². The van der Waals surface area contributed by atoms with Gasteiger partial charge in [0.15, 0.2) is 9.84 Å². The van der Waals surface area contributed by atoms with Gasteiger partial charge in [0.1, 0.15) is 0 Å².